The number of nitrogens with one attached hydrogen (secondary N) is 1. The number of aromatic nitrogens is 3. The van der Waals surface area contributed by atoms with Crippen molar-refractivity contribution in [2.45, 2.75) is 37.7 Å². The molecule has 0 aliphatic heterocycles. The van der Waals surface area contributed by atoms with Crippen molar-refractivity contribution >= 4 is 34.1 Å². The van der Waals surface area contributed by atoms with E-state index in [4.69, 9.17) is 4.42 Å². The summed E-state index contributed by atoms with van der Waals surface area (Å²) in [5, 5.41) is 11.5. The SMILES string of the molecule is Cc1nc(NC(=O)C(C)Sc2nnc(Cc3ccccc3)o2)sc1C. The minimum atomic E-state index is -0.366. The van der Waals surface area contributed by atoms with Gasteiger partial charge in [-0.15, -0.1) is 21.5 Å². The molecule has 0 fully saturated rings. The van der Waals surface area contributed by atoms with Crippen molar-refractivity contribution in [1.82, 2.24) is 15.2 Å². The molecule has 1 N–H and O–H groups in total. The second-order valence-electron chi connectivity index (χ2n) is 5.53. The van der Waals surface area contributed by atoms with Crippen molar-refractivity contribution < 1.29 is 9.21 Å². The van der Waals surface area contributed by atoms with E-state index in [0.717, 1.165) is 16.1 Å². The molecule has 0 aliphatic carbocycles. The van der Waals surface area contributed by atoms with E-state index in [-0.39, 0.29) is 11.2 Å². The van der Waals surface area contributed by atoms with Gasteiger partial charge in [0.15, 0.2) is 5.13 Å². The molecule has 25 heavy (non-hydrogen) atoms. The van der Waals surface area contributed by atoms with E-state index in [1.54, 1.807) is 6.92 Å². The van der Waals surface area contributed by atoms with Gasteiger partial charge in [0.05, 0.1) is 17.4 Å². The second kappa shape index (κ2) is 7.79. The van der Waals surface area contributed by atoms with Gasteiger partial charge in [0.2, 0.25) is 11.8 Å². The highest BCUT2D eigenvalue weighted by molar-refractivity contribution is 8.00. The molecule has 0 aliphatic rings. The van der Waals surface area contributed by atoms with E-state index in [9.17, 15) is 4.79 Å². The number of hydrogen-bond donors (Lipinski definition) is 1. The van der Waals surface area contributed by atoms with Crippen LogP contribution in [0.3, 0.4) is 0 Å². The maximum absolute atomic E-state index is 12.3. The highest BCUT2D eigenvalue weighted by atomic mass is 32.2. The fourth-order valence-corrected chi connectivity index (χ4v) is 3.58. The molecule has 0 spiro atoms. The summed E-state index contributed by atoms with van der Waals surface area (Å²) in [5.74, 6) is 0.397. The average molecular weight is 374 g/mol. The van der Waals surface area contributed by atoms with Crippen molar-refractivity contribution in [1.29, 1.82) is 0 Å². The highest BCUT2D eigenvalue weighted by Crippen LogP contribution is 2.25. The molecule has 8 heteroatoms. The lowest BCUT2D eigenvalue weighted by Gasteiger charge is -2.07. The standard InChI is InChI=1S/C17H18N4O2S2/c1-10-11(2)24-16(18-10)19-15(22)12(3)25-17-21-20-14(23-17)9-13-7-5-4-6-8-13/h4-8,12H,9H2,1-3H3,(H,18,19,22). The summed E-state index contributed by atoms with van der Waals surface area (Å²) in [4.78, 5) is 17.7. The van der Waals surface area contributed by atoms with Crippen LogP contribution in [0, 0.1) is 13.8 Å². The first-order valence-electron chi connectivity index (χ1n) is 7.79. The Hall–Kier alpha value is -2.19. The minimum absolute atomic E-state index is 0.137. The Kier molecular flexibility index (Phi) is 5.50. The monoisotopic (exact) mass is 374 g/mol. The van der Waals surface area contributed by atoms with Crippen molar-refractivity contribution in [3.05, 3.63) is 52.4 Å². The first-order chi connectivity index (χ1) is 12.0. The maximum atomic E-state index is 12.3. The first kappa shape index (κ1) is 17.6. The van der Waals surface area contributed by atoms with Crippen LogP contribution in [0.15, 0.2) is 40.0 Å². The van der Waals surface area contributed by atoms with Crippen LogP contribution in [0.25, 0.3) is 0 Å². The van der Waals surface area contributed by atoms with Gasteiger partial charge in [-0.1, -0.05) is 42.1 Å². The Morgan fingerprint density at radius 3 is 2.72 bits per heavy atom. The van der Waals surface area contributed by atoms with Crippen LogP contribution in [0.2, 0.25) is 0 Å². The van der Waals surface area contributed by atoms with Crippen LogP contribution in [0.1, 0.15) is 28.9 Å². The predicted molar refractivity (Wildman–Crippen MR) is 99.1 cm³/mol. The third-order valence-electron chi connectivity index (χ3n) is 3.55. The second-order valence-corrected chi connectivity index (χ2v) is 8.03. The summed E-state index contributed by atoms with van der Waals surface area (Å²) in [7, 11) is 0. The van der Waals surface area contributed by atoms with Crippen molar-refractivity contribution in [3.8, 4) is 0 Å². The molecule has 1 atom stereocenters. The predicted octanol–water partition coefficient (Wildman–Crippen LogP) is 3.85. The fraction of sp³-hybridized carbons (Fsp3) is 0.294. The third kappa shape index (κ3) is 4.67. The summed E-state index contributed by atoms with van der Waals surface area (Å²) in [6, 6.07) is 9.91. The normalized spacial score (nSPS) is 12.1. The number of rotatable bonds is 6. The molecule has 130 valence electrons. The number of anilines is 1. The smallest absolute Gasteiger partial charge is 0.277 e. The van der Waals surface area contributed by atoms with Gasteiger partial charge in [0.25, 0.3) is 5.22 Å². The molecule has 6 nitrogen and oxygen atoms in total. The molecule has 2 heterocycles. The van der Waals surface area contributed by atoms with Crippen LogP contribution in [-0.2, 0) is 11.2 Å². The van der Waals surface area contributed by atoms with Crippen molar-refractivity contribution in [2.75, 3.05) is 5.32 Å². The molecule has 1 amide bonds. The lowest BCUT2D eigenvalue weighted by molar-refractivity contribution is -0.115. The summed E-state index contributed by atoms with van der Waals surface area (Å²) < 4.78 is 5.63. The highest BCUT2D eigenvalue weighted by Gasteiger charge is 2.19. The lowest BCUT2D eigenvalue weighted by Crippen LogP contribution is -2.22. The number of hydrogen-bond acceptors (Lipinski definition) is 7. The molecule has 0 bridgehead atoms. The Morgan fingerprint density at radius 1 is 1.28 bits per heavy atom. The van der Waals surface area contributed by atoms with Crippen LogP contribution in [-0.4, -0.2) is 26.3 Å². The van der Waals surface area contributed by atoms with E-state index >= 15 is 0 Å². The van der Waals surface area contributed by atoms with Crippen LogP contribution >= 0.6 is 23.1 Å². The maximum Gasteiger partial charge on any atom is 0.277 e. The van der Waals surface area contributed by atoms with Gasteiger partial charge in [0.1, 0.15) is 0 Å². The first-order valence-corrected chi connectivity index (χ1v) is 9.48. The molecule has 3 aromatic rings. The Labute approximate surface area is 154 Å². The molecule has 0 radical (unpaired) electrons. The molecule has 2 aromatic heterocycles. The minimum Gasteiger partial charge on any atom is -0.416 e. The third-order valence-corrected chi connectivity index (χ3v) is 5.47. The average Bonchev–Trinajstić information content (AvgIpc) is 3.14. The Balaban J connectivity index is 1.57. The van der Waals surface area contributed by atoms with Gasteiger partial charge in [0, 0.05) is 4.88 Å². The van der Waals surface area contributed by atoms with Gasteiger partial charge < -0.3 is 9.73 Å². The van der Waals surface area contributed by atoms with Gasteiger partial charge in [-0.05, 0) is 26.3 Å². The van der Waals surface area contributed by atoms with Gasteiger partial charge in [-0.3, -0.25) is 4.79 Å². The Morgan fingerprint density at radius 2 is 2.04 bits per heavy atom. The van der Waals surface area contributed by atoms with Crippen molar-refractivity contribution in [2.24, 2.45) is 0 Å². The van der Waals surface area contributed by atoms with Crippen molar-refractivity contribution in [3.63, 3.8) is 0 Å². The fourth-order valence-electron chi connectivity index (χ4n) is 2.07. The Bertz CT molecular complexity index is 841. The van der Waals surface area contributed by atoms with E-state index < -0.39 is 0 Å². The molecule has 1 aromatic carbocycles. The zero-order chi connectivity index (χ0) is 17.8. The number of thiazole rings is 1. The molecule has 0 saturated heterocycles. The number of benzene rings is 1. The summed E-state index contributed by atoms with van der Waals surface area (Å²) in [6.07, 6.45) is 0.576. The van der Waals surface area contributed by atoms with E-state index in [1.807, 2.05) is 44.2 Å². The van der Waals surface area contributed by atoms with Crippen LogP contribution in [0.5, 0.6) is 0 Å². The van der Waals surface area contributed by atoms with Gasteiger partial charge in [-0.2, -0.15) is 0 Å². The quantitative estimate of drug-likeness (QED) is 0.660. The lowest BCUT2D eigenvalue weighted by atomic mass is 10.2. The van der Waals surface area contributed by atoms with Crippen LogP contribution < -0.4 is 5.32 Å². The summed E-state index contributed by atoms with van der Waals surface area (Å²) in [6.45, 7) is 5.70. The van der Waals surface area contributed by atoms with Crippen LogP contribution in [0.4, 0.5) is 5.13 Å². The number of nitrogens with zero attached hydrogens (tertiary/aromatic N) is 3. The topological polar surface area (TPSA) is 80.9 Å². The number of thioether (sulfide) groups is 1. The largest absolute Gasteiger partial charge is 0.416 e. The van der Waals surface area contributed by atoms with Gasteiger partial charge >= 0.3 is 0 Å². The zero-order valence-corrected chi connectivity index (χ0v) is 15.8. The zero-order valence-electron chi connectivity index (χ0n) is 14.1. The molecular formula is C17H18N4O2S2. The molecular weight excluding hydrogens is 356 g/mol. The molecule has 3 rings (SSSR count). The summed E-state index contributed by atoms with van der Waals surface area (Å²) in [5.41, 5.74) is 2.03. The molecule has 1 unspecified atom stereocenters. The van der Waals surface area contributed by atoms with E-state index in [2.05, 4.69) is 20.5 Å². The number of carbonyl (C=O) groups excluding carboxylic acids is 1. The van der Waals surface area contributed by atoms with E-state index in [1.165, 1.54) is 23.1 Å². The van der Waals surface area contributed by atoms with Gasteiger partial charge in [-0.25, -0.2) is 4.98 Å². The molecule has 0 saturated carbocycles. The summed E-state index contributed by atoms with van der Waals surface area (Å²) >= 11 is 2.71. The number of aryl methyl sites for hydroxylation is 2. The van der Waals surface area contributed by atoms with E-state index in [0.29, 0.717) is 22.7 Å². The number of amides is 1. The number of carbonyl (C=O) groups is 1.